The van der Waals surface area contributed by atoms with E-state index in [2.05, 4.69) is 31.2 Å². The molecule has 0 atom stereocenters. The highest BCUT2D eigenvalue weighted by molar-refractivity contribution is 9.10. The Hall–Kier alpha value is -3.44. The van der Waals surface area contributed by atoms with Crippen LogP contribution >= 0.6 is 15.9 Å². The Bertz CT molecular complexity index is 1250. The zero-order chi connectivity index (χ0) is 22.4. The van der Waals surface area contributed by atoms with Crippen LogP contribution in [0.3, 0.4) is 0 Å². The lowest BCUT2D eigenvalue weighted by Crippen LogP contribution is -2.15. The van der Waals surface area contributed by atoms with Crippen LogP contribution in [0.4, 0.5) is 17.1 Å². The van der Waals surface area contributed by atoms with Gasteiger partial charge in [-0.2, -0.15) is 5.10 Å². The van der Waals surface area contributed by atoms with Crippen molar-refractivity contribution >= 4 is 49.2 Å². The molecule has 3 aromatic carbocycles. The summed E-state index contributed by atoms with van der Waals surface area (Å²) in [5, 5.41) is 15.3. The van der Waals surface area contributed by atoms with Crippen LogP contribution in [0.25, 0.3) is 0 Å². The van der Waals surface area contributed by atoms with Gasteiger partial charge in [0.2, 0.25) is 0 Å². The van der Waals surface area contributed by atoms with E-state index in [1.807, 2.05) is 24.3 Å². The van der Waals surface area contributed by atoms with E-state index in [0.717, 1.165) is 16.1 Å². The zero-order valence-corrected chi connectivity index (χ0v) is 18.6. The summed E-state index contributed by atoms with van der Waals surface area (Å²) in [5.41, 5.74) is 3.29. The molecule has 0 amide bonds. The molecule has 0 heterocycles. The van der Waals surface area contributed by atoms with Crippen molar-refractivity contribution in [2.75, 3.05) is 17.3 Å². The number of nitrogens with zero attached hydrogens (tertiary/aromatic N) is 2. The number of para-hydroxylation sites is 2. The number of nitro benzene ring substituents is 1. The van der Waals surface area contributed by atoms with E-state index in [-0.39, 0.29) is 22.0 Å². The predicted octanol–water partition coefficient (Wildman–Crippen LogP) is 4.61. The zero-order valence-electron chi connectivity index (χ0n) is 16.2. The molecule has 0 radical (unpaired) electrons. The molecule has 0 aromatic heterocycles. The average molecular weight is 505 g/mol. The molecule has 0 bridgehead atoms. The molecule has 0 saturated carbocycles. The van der Waals surface area contributed by atoms with Gasteiger partial charge in [0.05, 0.1) is 29.6 Å². The van der Waals surface area contributed by atoms with Crippen molar-refractivity contribution in [2.45, 2.75) is 4.90 Å². The molecule has 11 heteroatoms. The lowest BCUT2D eigenvalue weighted by atomic mass is 10.2. The normalized spacial score (nSPS) is 11.3. The molecule has 0 aliphatic heterocycles. The molecule has 0 spiro atoms. The number of halogens is 1. The van der Waals surface area contributed by atoms with Crippen LogP contribution in [0.5, 0.6) is 5.75 Å². The van der Waals surface area contributed by atoms with E-state index in [4.69, 9.17) is 4.74 Å². The summed E-state index contributed by atoms with van der Waals surface area (Å²) in [6.07, 6.45) is 1.50. The molecular formula is C20H17BrN4O5S. The van der Waals surface area contributed by atoms with Crippen molar-refractivity contribution in [1.29, 1.82) is 0 Å². The van der Waals surface area contributed by atoms with Gasteiger partial charge in [-0.05, 0) is 24.3 Å². The topological polar surface area (TPSA) is 123 Å². The van der Waals surface area contributed by atoms with Crippen LogP contribution in [0.1, 0.15) is 5.56 Å². The monoisotopic (exact) mass is 504 g/mol. The van der Waals surface area contributed by atoms with E-state index in [1.54, 1.807) is 18.2 Å². The molecule has 9 nitrogen and oxygen atoms in total. The Morgan fingerprint density at radius 1 is 1.06 bits per heavy atom. The van der Waals surface area contributed by atoms with E-state index in [1.165, 1.54) is 31.5 Å². The fourth-order valence-electron chi connectivity index (χ4n) is 2.62. The Kier molecular flexibility index (Phi) is 6.88. The smallest absolute Gasteiger partial charge is 0.270 e. The van der Waals surface area contributed by atoms with Crippen molar-refractivity contribution in [2.24, 2.45) is 5.10 Å². The first kappa shape index (κ1) is 22.2. The van der Waals surface area contributed by atoms with Gasteiger partial charge in [0.1, 0.15) is 10.6 Å². The van der Waals surface area contributed by atoms with Crippen molar-refractivity contribution in [3.8, 4) is 5.75 Å². The fraction of sp³-hybridized carbons (Fsp3) is 0.0500. The number of rotatable bonds is 8. The highest BCUT2D eigenvalue weighted by Gasteiger charge is 2.23. The van der Waals surface area contributed by atoms with Gasteiger partial charge in [0.25, 0.3) is 15.7 Å². The number of hydrogen-bond acceptors (Lipinski definition) is 7. The summed E-state index contributed by atoms with van der Waals surface area (Å²) in [5.74, 6) is 0.304. The molecule has 0 aliphatic rings. The third kappa shape index (κ3) is 5.38. The Morgan fingerprint density at radius 3 is 2.48 bits per heavy atom. The number of sulfonamides is 1. The number of nitro groups is 1. The van der Waals surface area contributed by atoms with E-state index in [9.17, 15) is 18.5 Å². The Morgan fingerprint density at radius 2 is 1.77 bits per heavy atom. The van der Waals surface area contributed by atoms with Gasteiger partial charge >= 0.3 is 0 Å². The Labute approximate surface area is 187 Å². The molecule has 0 unspecified atom stereocenters. The van der Waals surface area contributed by atoms with Crippen LogP contribution in [0.15, 0.2) is 81.2 Å². The molecule has 0 saturated heterocycles. The number of anilines is 2. The number of benzene rings is 3. The quantitative estimate of drug-likeness (QED) is 0.262. The summed E-state index contributed by atoms with van der Waals surface area (Å²) >= 11 is 3.39. The van der Waals surface area contributed by atoms with Crippen molar-refractivity contribution in [3.05, 3.63) is 86.9 Å². The number of hydrazone groups is 1. The highest BCUT2D eigenvalue weighted by Crippen LogP contribution is 2.31. The summed E-state index contributed by atoms with van der Waals surface area (Å²) in [6, 6.07) is 17.2. The number of ether oxygens (including phenoxy) is 1. The molecule has 3 rings (SSSR count). The van der Waals surface area contributed by atoms with Crippen LogP contribution in [0.2, 0.25) is 0 Å². The number of non-ortho nitro benzene ring substituents is 1. The summed E-state index contributed by atoms with van der Waals surface area (Å²) in [4.78, 5) is 10.2. The minimum absolute atomic E-state index is 0.0660. The fourth-order valence-corrected chi connectivity index (χ4v) is 4.25. The van der Waals surface area contributed by atoms with Gasteiger partial charge in [-0.3, -0.25) is 20.3 Å². The minimum Gasteiger partial charge on any atom is -0.495 e. The number of methoxy groups -OCH3 is 1. The highest BCUT2D eigenvalue weighted by atomic mass is 79.9. The lowest BCUT2D eigenvalue weighted by Gasteiger charge is -2.14. The van der Waals surface area contributed by atoms with Gasteiger partial charge in [-0.15, -0.1) is 0 Å². The molecule has 2 N–H and O–H groups in total. The summed E-state index contributed by atoms with van der Waals surface area (Å²) in [6.45, 7) is 0. The minimum atomic E-state index is -4.22. The van der Waals surface area contributed by atoms with Gasteiger partial charge in [0.15, 0.2) is 0 Å². The molecule has 31 heavy (non-hydrogen) atoms. The first-order chi connectivity index (χ1) is 14.8. The Balaban J connectivity index is 1.98. The molecular weight excluding hydrogens is 488 g/mol. The summed E-state index contributed by atoms with van der Waals surface area (Å²) < 4.78 is 34.5. The molecule has 0 aliphatic carbocycles. The predicted molar refractivity (Wildman–Crippen MR) is 122 cm³/mol. The molecule has 3 aromatic rings. The maximum atomic E-state index is 13.1. The van der Waals surface area contributed by atoms with Gasteiger partial charge in [-0.25, -0.2) is 8.42 Å². The largest absolute Gasteiger partial charge is 0.495 e. The van der Waals surface area contributed by atoms with E-state index >= 15 is 0 Å². The molecule has 0 fully saturated rings. The first-order valence-corrected chi connectivity index (χ1v) is 11.1. The van der Waals surface area contributed by atoms with Crippen LogP contribution in [-0.4, -0.2) is 26.7 Å². The first-order valence-electron chi connectivity index (χ1n) is 8.79. The van der Waals surface area contributed by atoms with E-state index < -0.39 is 14.9 Å². The number of nitrogens with one attached hydrogen (secondary N) is 2. The van der Waals surface area contributed by atoms with Crippen molar-refractivity contribution < 1.29 is 18.1 Å². The van der Waals surface area contributed by atoms with Gasteiger partial charge in [0, 0.05) is 22.2 Å². The molecule has 160 valence electrons. The van der Waals surface area contributed by atoms with Crippen molar-refractivity contribution in [3.63, 3.8) is 0 Å². The average Bonchev–Trinajstić information content (AvgIpc) is 2.75. The summed E-state index contributed by atoms with van der Waals surface area (Å²) in [7, 11) is -2.81. The van der Waals surface area contributed by atoms with Gasteiger partial charge < -0.3 is 4.74 Å². The standard InChI is InChI=1S/C20H17BrN4O5S/c1-30-19-9-5-4-8-17(19)24-31(28,29)20-12-15(25(26)27)10-11-18(20)23-22-13-14-6-2-3-7-16(14)21/h2-13,23-24H,1H3/b22-13-. The third-order valence-corrected chi connectivity index (χ3v) is 6.24. The second kappa shape index (κ2) is 9.58. The third-order valence-electron chi connectivity index (χ3n) is 4.11. The number of hydrogen-bond donors (Lipinski definition) is 2. The second-order valence-corrected chi connectivity index (χ2v) is 8.64. The maximum Gasteiger partial charge on any atom is 0.270 e. The van der Waals surface area contributed by atoms with Gasteiger partial charge in [-0.1, -0.05) is 46.3 Å². The van der Waals surface area contributed by atoms with Crippen LogP contribution in [0, 0.1) is 10.1 Å². The van der Waals surface area contributed by atoms with Crippen molar-refractivity contribution in [1.82, 2.24) is 0 Å². The van der Waals surface area contributed by atoms with Crippen LogP contribution < -0.4 is 14.9 Å². The maximum absolute atomic E-state index is 13.1. The van der Waals surface area contributed by atoms with Crippen LogP contribution in [-0.2, 0) is 10.0 Å². The van der Waals surface area contributed by atoms with E-state index in [0.29, 0.717) is 5.75 Å². The lowest BCUT2D eigenvalue weighted by molar-refractivity contribution is -0.385. The SMILES string of the molecule is COc1ccccc1NS(=O)(=O)c1cc([N+](=O)[O-])ccc1N/N=C\c1ccccc1Br. The second-order valence-electron chi connectivity index (χ2n) is 6.13.